The Balaban J connectivity index is 0.00000208. The molecular weight excluding hydrogens is 318 g/mol. The summed E-state index contributed by atoms with van der Waals surface area (Å²) in [6.07, 6.45) is 4.08. The summed E-state index contributed by atoms with van der Waals surface area (Å²) in [4.78, 5) is 14.3. The minimum absolute atomic E-state index is 0. The molecular formula is C21H22ClNO. The Kier molecular flexibility index (Phi) is 6.53. The molecule has 1 fully saturated rings. The van der Waals surface area contributed by atoms with Gasteiger partial charge in [-0.05, 0) is 30.2 Å². The highest BCUT2D eigenvalue weighted by molar-refractivity contribution is 6.14. The predicted octanol–water partition coefficient (Wildman–Crippen LogP) is -0.355. The second kappa shape index (κ2) is 8.62. The van der Waals surface area contributed by atoms with Crippen LogP contribution in [0.3, 0.4) is 0 Å². The molecule has 0 radical (unpaired) electrons. The van der Waals surface area contributed by atoms with Crippen molar-refractivity contribution in [3.05, 3.63) is 82.9 Å². The van der Waals surface area contributed by atoms with Crippen LogP contribution >= 0.6 is 0 Å². The standard InChI is InChI=1S/C21H21NO.ClH/c1-2-22-15-19(13-17-9-5-3-6-10-17)21(23)20(16-22)14-18-11-7-4-8-12-18;/h3-14H,2,15-16H2,1H3;1H. The Morgan fingerprint density at radius 3 is 1.62 bits per heavy atom. The smallest absolute Gasteiger partial charge is 0.196 e. The number of Topliss-reactive ketones (excluding diaryl/α,β-unsaturated/α-hetero) is 1. The van der Waals surface area contributed by atoms with E-state index < -0.39 is 0 Å². The van der Waals surface area contributed by atoms with E-state index in [4.69, 9.17) is 0 Å². The summed E-state index contributed by atoms with van der Waals surface area (Å²) in [5.41, 5.74) is 3.99. The summed E-state index contributed by atoms with van der Waals surface area (Å²) in [5.74, 6) is 0.190. The molecule has 2 aromatic rings. The fourth-order valence-electron chi connectivity index (χ4n) is 2.95. The number of likely N-dealkylation sites (tertiary alicyclic amines) is 1. The third-order valence-electron chi connectivity index (χ3n) is 4.25. The number of nitrogens with one attached hydrogen (secondary N) is 1. The summed E-state index contributed by atoms with van der Waals surface area (Å²) >= 11 is 0. The number of piperidine rings is 1. The summed E-state index contributed by atoms with van der Waals surface area (Å²) in [6, 6.07) is 20.2. The van der Waals surface area contributed by atoms with Gasteiger partial charge in [0.05, 0.1) is 17.7 Å². The van der Waals surface area contributed by atoms with Gasteiger partial charge >= 0.3 is 0 Å². The summed E-state index contributed by atoms with van der Waals surface area (Å²) in [5, 5.41) is 0. The monoisotopic (exact) mass is 339 g/mol. The van der Waals surface area contributed by atoms with Crippen LogP contribution in [0.1, 0.15) is 18.1 Å². The number of likely N-dealkylation sites (N-methyl/N-ethyl adjacent to an activating group) is 1. The van der Waals surface area contributed by atoms with E-state index >= 15 is 0 Å². The third kappa shape index (κ3) is 4.44. The molecule has 0 unspecified atom stereocenters. The Labute approximate surface area is 149 Å². The molecule has 1 saturated heterocycles. The predicted molar refractivity (Wildman–Crippen MR) is 95.1 cm³/mol. The molecule has 3 heteroatoms. The number of carbonyl (C=O) groups is 1. The van der Waals surface area contributed by atoms with Crippen molar-refractivity contribution in [1.82, 2.24) is 0 Å². The lowest BCUT2D eigenvalue weighted by atomic mass is 9.94. The van der Waals surface area contributed by atoms with Crippen molar-refractivity contribution in [1.29, 1.82) is 0 Å². The van der Waals surface area contributed by atoms with Crippen molar-refractivity contribution in [3.63, 3.8) is 0 Å². The molecule has 0 bridgehead atoms. The van der Waals surface area contributed by atoms with E-state index in [1.807, 2.05) is 72.8 Å². The molecule has 24 heavy (non-hydrogen) atoms. The van der Waals surface area contributed by atoms with Gasteiger partial charge in [-0.1, -0.05) is 60.7 Å². The van der Waals surface area contributed by atoms with Crippen LogP contribution in [0.4, 0.5) is 0 Å². The first-order valence-corrected chi connectivity index (χ1v) is 8.16. The molecule has 0 amide bonds. The molecule has 2 nitrogen and oxygen atoms in total. The first-order valence-electron chi connectivity index (χ1n) is 8.16. The Bertz CT molecular complexity index is 673. The van der Waals surface area contributed by atoms with E-state index in [1.165, 1.54) is 4.90 Å². The average Bonchev–Trinajstić information content (AvgIpc) is 2.60. The third-order valence-corrected chi connectivity index (χ3v) is 4.25. The van der Waals surface area contributed by atoms with Crippen molar-refractivity contribution in [2.45, 2.75) is 6.92 Å². The number of hydrogen-bond acceptors (Lipinski definition) is 1. The van der Waals surface area contributed by atoms with Crippen LogP contribution in [0.25, 0.3) is 12.2 Å². The molecule has 0 atom stereocenters. The second-order valence-electron chi connectivity index (χ2n) is 5.95. The van der Waals surface area contributed by atoms with Gasteiger partial charge in [-0.15, -0.1) is 0 Å². The summed E-state index contributed by atoms with van der Waals surface area (Å²) in [7, 11) is 0. The number of hydrogen-bond donors (Lipinski definition) is 1. The SMILES string of the molecule is CC[NH+]1CC(=Cc2ccccc2)C(=O)C(=Cc2ccccc2)C1.[Cl-]. The number of ketones is 1. The lowest BCUT2D eigenvalue weighted by Gasteiger charge is -2.25. The Hall–Kier alpha value is -2.16. The second-order valence-corrected chi connectivity index (χ2v) is 5.95. The molecule has 2 aromatic carbocycles. The number of rotatable bonds is 3. The molecule has 0 spiro atoms. The van der Waals surface area contributed by atoms with E-state index in [-0.39, 0.29) is 18.2 Å². The van der Waals surface area contributed by atoms with Crippen molar-refractivity contribution >= 4 is 17.9 Å². The molecule has 1 heterocycles. The van der Waals surface area contributed by atoms with Crippen LogP contribution in [0.15, 0.2) is 71.8 Å². The van der Waals surface area contributed by atoms with Gasteiger partial charge in [0.1, 0.15) is 13.1 Å². The van der Waals surface area contributed by atoms with Gasteiger partial charge in [0.2, 0.25) is 0 Å². The van der Waals surface area contributed by atoms with Crippen molar-refractivity contribution in [3.8, 4) is 0 Å². The largest absolute Gasteiger partial charge is 1.00 e. The molecule has 124 valence electrons. The lowest BCUT2D eigenvalue weighted by molar-refractivity contribution is -0.889. The molecule has 0 aromatic heterocycles. The Morgan fingerprint density at radius 1 is 0.833 bits per heavy atom. The van der Waals surface area contributed by atoms with Crippen LogP contribution in [0.2, 0.25) is 0 Å². The van der Waals surface area contributed by atoms with Gasteiger partial charge in [0.25, 0.3) is 0 Å². The van der Waals surface area contributed by atoms with Crippen molar-refractivity contribution < 1.29 is 22.1 Å². The minimum atomic E-state index is 0. The molecule has 0 aliphatic carbocycles. The number of quaternary nitrogens is 1. The molecule has 1 aliphatic heterocycles. The van der Waals surface area contributed by atoms with Crippen LogP contribution in [-0.4, -0.2) is 25.4 Å². The van der Waals surface area contributed by atoms with E-state index in [0.29, 0.717) is 0 Å². The summed E-state index contributed by atoms with van der Waals surface area (Å²) in [6.45, 7) is 4.80. The fourth-order valence-corrected chi connectivity index (χ4v) is 2.95. The van der Waals surface area contributed by atoms with Crippen LogP contribution < -0.4 is 17.3 Å². The normalized spacial score (nSPS) is 20.9. The molecule has 1 aliphatic rings. The van der Waals surface area contributed by atoms with Gasteiger partial charge < -0.3 is 17.3 Å². The quantitative estimate of drug-likeness (QED) is 0.758. The van der Waals surface area contributed by atoms with Gasteiger partial charge in [-0.3, -0.25) is 4.79 Å². The maximum absolute atomic E-state index is 12.8. The number of benzene rings is 2. The van der Waals surface area contributed by atoms with E-state index in [1.54, 1.807) is 0 Å². The number of carbonyl (C=O) groups excluding carboxylic acids is 1. The van der Waals surface area contributed by atoms with Gasteiger partial charge in [-0.2, -0.15) is 0 Å². The van der Waals surface area contributed by atoms with Gasteiger partial charge in [0, 0.05) is 0 Å². The molecule has 3 rings (SSSR count). The maximum Gasteiger partial charge on any atom is 0.196 e. The van der Waals surface area contributed by atoms with Crippen LogP contribution in [-0.2, 0) is 4.79 Å². The fraction of sp³-hybridized carbons (Fsp3) is 0.190. The van der Waals surface area contributed by atoms with Gasteiger partial charge in [0.15, 0.2) is 5.78 Å². The summed E-state index contributed by atoms with van der Waals surface area (Å²) < 4.78 is 0. The number of halogens is 1. The average molecular weight is 340 g/mol. The zero-order valence-electron chi connectivity index (χ0n) is 13.8. The molecule has 1 N–H and O–H groups in total. The van der Waals surface area contributed by atoms with Crippen molar-refractivity contribution in [2.75, 3.05) is 19.6 Å². The highest BCUT2D eigenvalue weighted by Crippen LogP contribution is 2.15. The van der Waals surface area contributed by atoms with Crippen LogP contribution in [0, 0.1) is 0 Å². The van der Waals surface area contributed by atoms with E-state index in [9.17, 15) is 4.79 Å². The first kappa shape index (κ1) is 18.2. The van der Waals surface area contributed by atoms with Crippen LogP contribution in [0.5, 0.6) is 0 Å². The highest BCUT2D eigenvalue weighted by Gasteiger charge is 2.28. The minimum Gasteiger partial charge on any atom is -1.00 e. The van der Waals surface area contributed by atoms with E-state index in [2.05, 4.69) is 6.92 Å². The maximum atomic E-state index is 12.8. The van der Waals surface area contributed by atoms with Gasteiger partial charge in [-0.25, -0.2) is 0 Å². The zero-order valence-corrected chi connectivity index (χ0v) is 14.6. The van der Waals surface area contributed by atoms with E-state index in [0.717, 1.165) is 41.9 Å². The van der Waals surface area contributed by atoms with Crippen molar-refractivity contribution in [2.24, 2.45) is 0 Å². The Morgan fingerprint density at radius 2 is 1.25 bits per heavy atom. The first-order chi connectivity index (χ1) is 11.3. The topological polar surface area (TPSA) is 21.5 Å². The highest BCUT2D eigenvalue weighted by atomic mass is 35.5. The molecule has 0 saturated carbocycles. The lowest BCUT2D eigenvalue weighted by Crippen LogP contribution is -3.13. The zero-order chi connectivity index (χ0) is 16.1.